The second-order valence-electron chi connectivity index (χ2n) is 7.96. The van der Waals surface area contributed by atoms with Crippen LogP contribution in [0.4, 0.5) is 5.82 Å². The highest BCUT2D eigenvalue weighted by Crippen LogP contribution is 2.38. The van der Waals surface area contributed by atoms with Crippen LogP contribution in [0, 0.1) is 12.8 Å². The first-order valence-corrected chi connectivity index (χ1v) is 10.3. The van der Waals surface area contributed by atoms with E-state index in [-0.39, 0.29) is 23.9 Å². The molecule has 3 heterocycles. The van der Waals surface area contributed by atoms with Crippen LogP contribution in [-0.4, -0.2) is 64.5 Å². The standard InChI is InChI=1S/C21H32N6O3/c1-14(2)27-12-17(11-23-27)21-16(9-20(28)26(21)6-7-29-4)10-22-18-8-15(3)24-19(25-18)13-30-5/h8,11-12,14,16,21H,6-7,9-10,13H2,1-5H3,(H,22,24,25)/t16-,21+/m0/s1. The highest BCUT2D eigenvalue weighted by atomic mass is 16.5. The van der Waals surface area contributed by atoms with Crippen molar-refractivity contribution in [1.82, 2.24) is 24.6 Å². The number of aromatic nitrogens is 4. The Hall–Kier alpha value is -2.52. The van der Waals surface area contributed by atoms with Gasteiger partial charge in [0.1, 0.15) is 12.4 Å². The minimum Gasteiger partial charge on any atom is -0.383 e. The van der Waals surface area contributed by atoms with Crippen LogP contribution < -0.4 is 5.32 Å². The van der Waals surface area contributed by atoms with Gasteiger partial charge in [-0.2, -0.15) is 5.10 Å². The summed E-state index contributed by atoms with van der Waals surface area (Å²) in [4.78, 5) is 23.6. The number of anilines is 1. The molecule has 2 aromatic heterocycles. The predicted octanol–water partition coefficient (Wildman–Crippen LogP) is 2.36. The Balaban J connectivity index is 1.80. The number of likely N-dealkylation sites (tertiary alicyclic amines) is 1. The Morgan fingerprint density at radius 1 is 1.27 bits per heavy atom. The number of ether oxygens (including phenoxy) is 2. The molecule has 0 aliphatic carbocycles. The molecule has 0 bridgehead atoms. The lowest BCUT2D eigenvalue weighted by atomic mass is 9.95. The fourth-order valence-corrected chi connectivity index (χ4v) is 3.89. The van der Waals surface area contributed by atoms with E-state index in [1.54, 1.807) is 14.2 Å². The van der Waals surface area contributed by atoms with Gasteiger partial charge in [0.25, 0.3) is 0 Å². The first kappa shape index (κ1) is 22.2. The van der Waals surface area contributed by atoms with Crippen molar-refractivity contribution in [2.75, 3.05) is 39.2 Å². The van der Waals surface area contributed by atoms with Crippen LogP contribution in [0.15, 0.2) is 18.5 Å². The van der Waals surface area contributed by atoms with Crippen molar-refractivity contribution in [1.29, 1.82) is 0 Å². The average Bonchev–Trinajstić information content (AvgIpc) is 3.29. The number of rotatable bonds is 10. The second-order valence-corrected chi connectivity index (χ2v) is 7.96. The predicted molar refractivity (Wildman–Crippen MR) is 113 cm³/mol. The van der Waals surface area contributed by atoms with E-state index in [4.69, 9.17) is 9.47 Å². The molecular weight excluding hydrogens is 384 g/mol. The molecule has 1 aliphatic rings. The number of hydrogen-bond donors (Lipinski definition) is 1. The largest absolute Gasteiger partial charge is 0.383 e. The van der Waals surface area contributed by atoms with Gasteiger partial charge in [0.15, 0.2) is 5.82 Å². The first-order valence-electron chi connectivity index (χ1n) is 10.3. The molecule has 1 amide bonds. The van der Waals surface area contributed by atoms with Crippen LogP contribution in [0.5, 0.6) is 0 Å². The number of amides is 1. The SMILES string of the molecule is COCCN1C(=O)C[C@@H](CNc2cc(C)nc(COC)n2)[C@@H]1c1cnn(C(C)C)c1. The fraction of sp³-hybridized carbons (Fsp3) is 0.619. The maximum absolute atomic E-state index is 12.8. The van der Waals surface area contributed by atoms with E-state index in [1.807, 2.05) is 35.0 Å². The van der Waals surface area contributed by atoms with E-state index in [9.17, 15) is 4.79 Å². The molecule has 0 unspecified atom stereocenters. The van der Waals surface area contributed by atoms with E-state index in [1.165, 1.54) is 0 Å². The molecule has 1 saturated heterocycles. The molecule has 2 atom stereocenters. The molecule has 9 heteroatoms. The van der Waals surface area contributed by atoms with Crippen molar-refractivity contribution < 1.29 is 14.3 Å². The van der Waals surface area contributed by atoms with Gasteiger partial charge in [0, 0.05) is 69.2 Å². The monoisotopic (exact) mass is 416 g/mol. The first-order chi connectivity index (χ1) is 14.4. The molecular formula is C21H32N6O3. The topological polar surface area (TPSA) is 94.4 Å². The normalized spacial score (nSPS) is 19.1. The molecule has 1 fully saturated rings. The molecule has 164 valence electrons. The lowest BCUT2D eigenvalue weighted by Gasteiger charge is -2.27. The quantitative estimate of drug-likeness (QED) is 0.635. The van der Waals surface area contributed by atoms with Crippen LogP contribution >= 0.6 is 0 Å². The molecule has 1 aliphatic heterocycles. The summed E-state index contributed by atoms with van der Waals surface area (Å²) in [6.45, 7) is 8.16. The Morgan fingerprint density at radius 2 is 2.07 bits per heavy atom. The van der Waals surface area contributed by atoms with Crippen LogP contribution in [0.25, 0.3) is 0 Å². The minimum atomic E-state index is -0.0472. The molecule has 9 nitrogen and oxygen atoms in total. The maximum Gasteiger partial charge on any atom is 0.223 e. The van der Waals surface area contributed by atoms with Gasteiger partial charge in [0.05, 0.1) is 18.8 Å². The average molecular weight is 417 g/mol. The van der Waals surface area contributed by atoms with Crippen LogP contribution in [0.2, 0.25) is 0 Å². The van der Waals surface area contributed by atoms with Crippen LogP contribution in [-0.2, 0) is 20.9 Å². The molecule has 0 spiro atoms. The van der Waals surface area contributed by atoms with Gasteiger partial charge in [-0.3, -0.25) is 9.48 Å². The number of aryl methyl sites for hydroxylation is 1. The lowest BCUT2D eigenvalue weighted by molar-refractivity contribution is -0.129. The Labute approximate surface area is 177 Å². The van der Waals surface area contributed by atoms with E-state index in [0.717, 1.165) is 17.1 Å². The van der Waals surface area contributed by atoms with Crippen molar-refractivity contribution >= 4 is 11.7 Å². The summed E-state index contributed by atoms with van der Waals surface area (Å²) < 4.78 is 12.3. The van der Waals surface area contributed by atoms with E-state index >= 15 is 0 Å². The summed E-state index contributed by atoms with van der Waals surface area (Å²) >= 11 is 0. The maximum atomic E-state index is 12.8. The van der Waals surface area contributed by atoms with E-state index < -0.39 is 0 Å². The number of carbonyl (C=O) groups is 1. The zero-order chi connectivity index (χ0) is 21.7. The molecule has 0 saturated carbocycles. The van der Waals surface area contributed by atoms with Gasteiger partial charge >= 0.3 is 0 Å². The Bertz CT molecular complexity index is 853. The summed E-state index contributed by atoms with van der Waals surface area (Å²) in [5.74, 6) is 1.62. The third-order valence-electron chi connectivity index (χ3n) is 5.29. The van der Waals surface area contributed by atoms with E-state index in [2.05, 4.69) is 34.2 Å². The summed E-state index contributed by atoms with van der Waals surface area (Å²) in [5, 5.41) is 7.90. The lowest BCUT2D eigenvalue weighted by Crippen LogP contribution is -2.33. The number of nitrogens with zero attached hydrogens (tertiary/aromatic N) is 5. The van der Waals surface area contributed by atoms with Gasteiger partial charge < -0.3 is 19.7 Å². The van der Waals surface area contributed by atoms with Crippen molar-refractivity contribution in [3.8, 4) is 0 Å². The van der Waals surface area contributed by atoms with Gasteiger partial charge in [0.2, 0.25) is 5.91 Å². The molecule has 3 rings (SSSR count). The third-order valence-corrected chi connectivity index (χ3v) is 5.29. The minimum absolute atomic E-state index is 0.0472. The highest BCUT2D eigenvalue weighted by Gasteiger charge is 2.41. The van der Waals surface area contributed by atoms with Gasteiger partial charge in [-0.05, 0) is 20.8 Å². The zero-order valence-electron chi connectivity index (χ0n) is 18.5. The van der Waals surface area contributed by atoms with E-state index in [0.29, 0.717) is 38.5 Å². The Morgan fingerprint density at radius 3 is 2.73 bits per heavy atom. The van der Waals surface area contributed by atoms with Crippen molar-refractivity contribution in [3.05, 3.63) is 35.5 Å². The third kappa shape index (κ3) is 5.14. The number of carbonyl (C=O) groups excluding carboxylic acids is 1. The zero-order valence-corrected chi connectivity index (χ0v) is 18.5. The molecule has 2 aromatic rings. The summed E-state index contributed by atoms with van der Waals surface area (Å²) in [5.41, 5.74) is 1.93. The number of hydrogen-bond acceptors (Lipinski definition) is 7. The molecule has 0 aromatic carbocycles. The fourth-order valence-electron chi connectivity index (χ4n) is 3.89. The summed E-state index contributed by atoms with van der Waals surface area (Å²) in [6.07, 6.45) is 4.40. The van der Waals surface area contributed by atoms with Crippen molar-refractivity contribution in [2.45, 2.75) is 45.9 Å². The van der Waals surface area contributed by atoms with Crippen molar-refractivity contribution in [2.24, 2.45) is 5.92 Å². The summed E-state index contributed by atoms with van der Waals surface area (Å²) in [7, 11) is 3.28. The molecule has 0 radical (unpaired) electrons. The smallest absolute Gasteiger partial charge is 0.223 e. The van der Waals surface area contributed by atoms with Gasteiger partial charge in [-0.15, -0.1) is 0 Å². The van der Waals surface area contributed by atoms with Gasteiger partial charge in [-0.1, -0.05) is 0 Å². The van der Waals surface area contributed by atoms with Crippen LogP contribution in [0.1, 0.15) is 49.4 Å². The van der Waals surface area contributed by atoms with Crippen molar-refractivity contribution in [3.63, 3.8) is 0 Å². The van der Waals surface area contributed by atoms with Crippen LogP contribution in [0.3, 0.4) is 0 Å². The number of nitrogens with one attached hydrogen (secondary N) is 1. The highest BCUT2D eigenvalue weighted by molar-refractivity contribution is 5.79. The molecule has 30 heavy (non-hydrogen) atoms. The summed E-state index contributed by atoms with van der Waals surface area (Å²) in [6, 6.07) is 2.13. The number of methoxy groups -OCH3 is 2. The molecule has 1 N–H and O–H groups in total. The van der Waals surface area contributed by atoms with Gasteiger partial charge in [-0.25, -0.2) is 9.97 Å². The second kappa shape index (κ2) is 9.99. The Kier molecular flexibility index (Phi) is 7.38.